The monoisotopic (exact) mass is 357 g/mol. The van der Waals surface area contributed by atoms with E-state index in [1.165, 1.54) is 5.56 Å². The molecule has 124 valence electrons. The molecule has 0 spiro atoms. The van der Waals surface area contributed by atoms with E-state index in [0.717, 1.165) is 33.0 Å². The molecule has 5 heteroatoms. The van der Waals surface area contributed by atoms with E-state index in [2.05, 4.69) is 47.7 Å². The minimum absolute atomic E-state index is 0.594. The zero-order valence-electron chi connectivity index (χ0n) is 14.0. The molecule has 0 unspecified atom stereocenters. The van der Waals surface area contributed by atoms with Crippen molar-refractivity contribution in [1.29, 1.82) is 0 Å². The third-order valence-corrected chi connectivity index (χ3v) is 5.25. The molecule has 1 heterocycles. The molecule has 2 aromatic carbocycles. The number of benzene rings is 2. The molecule has 0 atom stereocenters. The smallest absolute Gasteiger partial charge is 0.196 e. The molecule has 24 heavy (non-hydrogen) atoms. The van der Waals surface area contributed by atoms with E-state index in [9.17, 15) is 0 Å². The maximum atomic E-state index is 6.02. The molecule has 3 aromatic rings. The summed E-state index contributed by atoms with van der Waals surface area (Å²) < 4.78 is 2.14. The average molecular weight is 358 g/mol. The average Bonchev–Trinajstić information content (AvgIpc) is 2.98. The number of hydrogen-bond acceptors (Lipinski definition) is 3. The molecule has 0 radical (unpaired) electrons. The Hall–Kier alpha value is -1.78. The Labute approximate surface area is 152 Å². The Bertz CT molecular complexity index is 825. The highest BCUT2D eigenvalue weighted by Gasteiger charge is 2.17. The minimum atomic E-state index is 0.594. The van der Waals surface area contributed by atoms with Crippen LogP contribution in [0.4, 0.5) is 0 Å². The van der Waals surface area contributed by atoms with Gasteiger partial charge in [-0.2, -0.15) is 0 Å². The Morgan fingerprint density at radius 3 is 2.42 bits per heavy atom. The van der Waals surface area contributed by atoms with Crippen LogP contribution >= 0.6 is 23.4 Å². The van der Waals surface area contributed by atoms with Crippen LogP contribution < -0.4 is 0 Å². The van der Waals surface area contributed by atoms with E-state index >= 15 is 0 Å². The van der Waals surface area contributed by atoms with Crippen LogP contribution in [-0.2, 0) is 0 Å². The Morgan fingerprint density at radius 1 is 1.04 bits per heavy atom. The predicted molar refractivity (Wildman–Crippen MR) is 102 cm³/mol. The zero-order chi connectivity index (χ0) is 17.1. The molecule has 0 N–H and O–H groups in total. The lowest BCUT2D eigenvalue weighted by molar-refractivity contribution is 0.745. The number of nitrogens with zero attached hydrogens (tertiary/aromatic N) is 3. The van der Waals surface area contributed by atoms with E-state index in [1.807, 2.05) is 36.4 Å². The normalized spacial score (nSPS) is 11.2. The highest BCUT2D eigenvalue weighted by molar-refractivity contribution is 7.99. The number of thioether (sulfide) groups is 1. The van der Waals surface area contributed by atoms with Gasteiger partial charge >= 0.3 is 0 Å². The van der Waals surface area contributed by atoms with Gasteiger partial charge in [0.2, 0.25) is 0 Å². The SMILES string of the molecule is Cc1ccccc1-n1c(SCC(C)C)nnc1-c1ccc(Cl)cc1. The van der Waals surface area contributed by atoms with Crippen molar-refractivity contribution in [1.82, 2.24) is 14.8 Å². The topological polar surface area (TPSA) is 30.7 Å². The van der Waals surface area contributed by atoms with Crippen molar-refractivity contribution in [2.24, 2.45) is 5.92 Å². The molecule has 0 saturated heterocycles. The van der Waals surface area contributed by atoms with Crippen molar-refractivity contribution < 1.29 is 0 Å². The highest BCUT2D eigenvalue weighted by atomic mass is 35.5. The van der Waals surface area contributed by atoms with Gasteiger partial charge in [-0.15, -0.1) is 10.2 Å². The number of aryl methyl sites for hydroxylation is 1. The fourth-order valence-corrected chi connectivity index (χ4v) is 3.44. The third kappa shape index (κ3) is 3.65. The lowest BCUT2D eigenvalue weighted by Gasteiger charge is -2.13. The number of halogens is 1. The van der Waals surface area contributed by atoms with E-state index in [4.69, 9.17) is 11.6 Å². The molecule has 3 rings (SSSR count). The summed E-state index contributed by atoms with van der Waals surface area (Å²) in [5, 5.41) is 10.5. The van der Waals surface area contributed by atoms with Gasteiger partial charge in [-0.05, 0) is 48.7 Å². The molecule has 1 aromatic heterocycles. The summed E-state index contributed by atoms with van der Waals surface area (Å²) in [7, 11) is 0. The molecule has 0 saturated carbocycles. The predicted octanol–water partition coefficient (Wildman–Crippen LogP) is 5.64. The molecule has 0 aliphatic heterocycles. The van der Waals surface area contributed by atoms with Crippen LogP contribution in [0.3, 0.4) is 0 Å². The van der Waals surface area contributed by atoms with Crippen LogP contribution in [0.5, 0.6) is 0 Å². The molecule has 0 aliphatic carbocycles. The fraction of sp³-hybridized carbons (Fsp3) is 0.263. The molecular weight excluding hydrogens is 338 g/mol. The summed E-state index contributed by atoms with van der Waals surface area (Å²) in [4.78, 5) is 0. The van der Waals surface area contributed by atoms with Gasteiger partial charge < -0.3 is 0 Å². The van der Waals surface area contributed by atoms with Gasteiger partial charge in [0.15, 0.2) is 11.0 Å². The molecule has 0 amide bonds. The van der Waals surface area contributed by atoms with Gasteiger partial charge in [0.25, 0.3) is 0 Å². The number of hydrogen-bond donors (Lipinski definition) is 0. The lowest BCUT2D eigenvalue weighted by atomic mass is 10.1. The van der Waals surface area contributed by atoms with Crippen LogP contribution in [0.1, 0.15) is 19.4 Å². The van der Waals surface area contributed by atoms with Crippen molar-refractivity contribution in [3.63, 3.8) is 0 Å². The summed E-state index contributed by atoms with van der Waals surface area (Å²) in [6, 6.07) is 16.0. The second kappa shape index (κ2) is 7.41. The molecular formula is C19H20ClN3S. The molecule has 3 nitrogen and oxygen atoms in total. The quantitative estimate of drug-likeness (QED) is 0.553. The summed E-state index contributed by atoms with van der Waals surface area (Å²) in [6.45, 7) is 6.53. The van der Waals surface area contributed by atoms with Crippen LogP contribution in [0, 0.1) is 12.8 Å². The van der Waals surface area contributed by atoms with Crippen molar-refractivity contribution >= 4 is 23.4 Å². The van der Waals surface area contributed by atoms with Crippen LogP contribution in [0.2, 0.25) is 5.02 Å². The first-order valence-electron chi connectivity index (χ1n) is 7.96. The molecule has 0 aliphatic rings. The van der Waals surface area contributed by atoms with E-state index < -0.39 is 0 Å². The number of para-hydroxylation sites is 1. The van der Waals surface area contributed by atoms with Crippen molar-refractivity contribution in [2.75, 3.05) is 5.75 Å². The Morgan fingerprint density at radius 2 is 1.75 bits per heavy atom. The van der Waals surface area contributed by atoms with Crippen LogP contribution in [-0.4, -0.2) is 20.5 Å². The van der Waals surface area contributed by atoms with Gasteiger partial charge in [0.1, 0.15) is 0 Å². The largest absolute Gasteiger partial charge is 0.270 e. The minimum Gasteiger partial charge on any atom is -0.270 e. The molecule has 0 bridgehead atoms. The van der Waals surface area contributed by atoms with E-state index in [-0.39, 0.29) is 0 Å². The maximum Gasteiger partial charge on any atom is 0.196 e. The van der Waals surface area contributed by atoms with Gasteiger partial charge in [-0.3, -0.25) is 4.57 Å². The van der Waals surface area contributed by atoms with Gasteiger partial charge in [0, 0.05) is 16.3 Å². The van der Waals surface area contributed by atoms with Gasteiger partial charge in [0.05, 0.1) is 5.69 Å². The molecule has 0 fully saturated rings. The maximum absolute atomic E-state index is 6.02. The summed E-state index contributed by atoms with van der Waals surface area (Å²) in [5.74, 6) is 2.44. The third-order valence-electron chi connectivity index (χ3n) is 3.64. The zero-order valence-corrected chi connectivity index (χ0v) is 15.6. The standard InChI is InChI=1S/C19H20ClN3S/c1-13(2)12-24-19-22-21-18(15-8-10-16(20)11-9-15)23(19)17-7-5-4-6-14(17)3/h4-11,13H,12H2,1-3H3. The Kier molecular flexibility index (Phi) is 5.27. The number of aromatic nitrogens is 3. The van der Waals surface area contributed by atoms with E-state index in [1.54, 1.807) is 11.8 Å². The van der Waals surface area contributed by atoms with Gasteiger partial charge in [-0.1, -0.05) is 55.4 Å². The summed E-state index contributed by atoms with van der Waals surface area (Å²) >= 11 is 7.76. The van der Waals surface area contributed by atoms with Crippen molar-refractivity contribution in [3.05, 3.63) is 59.1 Å². The Balaban J connectivity index is 2.12. The van der Waals surface area contributed by atoms with E-state index in [0.29, 0.717) is 5.92 Å². The highest BCUT2D eigenvalue weighted by Crippen LogP contribution is 2.30. The van der Waals surface area contributed by atoms with Crippen molar-refractivity contribution in [2.45, 2.75) is 25.9 Å². The van der Waals surface area contributed by atoms with Crippen LogP contribution in [0.15, 0.2) is 53.7 Å². The lowest BCUT2D eigenvalue weighted by Crippen LogP contribution is -2.03. The second-order valence-electron chi connectivity index (χ2n) is 6.14. The van der Waals surface area contributed by atoms with Crippen molar-refractivity contribution in [3.8, 4) is 17.1 Å². The first-order valence-corrected chi connectivity index (χ1v) is 9.33. The summed E-state index contributed by atoms with van der Waals surface area (Å²) in [6.07, 6.45) is 0. The number of rotatable bonds is 5. The second-order valence-corrected chi connectivity index (χ2v) is 7.56. The van der Waals surface area contributed by atoms with Crippen LogP contribution in [0.25, 0.3) is 17.1 Å². The summed E-state index contributed by atoms with van der Waals surface area (Å²) in [5.41, 5.74) is 3.31. The van der Waals surface area contributed by atoms with Gasteiger partial charge in [-0.25, -0.2) is 0 Å². The first-order chi connectivity index (χ1) is 11.6. The fourth-order valence-electron chi connectivity index (χ4n) is 2.42. The first kappa shape index (κ1) is 17.1.